The Bertz CT molecular complexity index is 1350. The molecule has 0 aliphatic rings. The van der Waals surface area contributed by atoms with Gasteiger partial charge in [-0.25, -0.2) is 9.97 Å². The van der Waals surface area contributed by atoms with E-state index in [1.165, 1.54) is 0 Å². The first-order chi connectivity index (χ1) is 14.5. The number of imidazole rings is 1. The molecule has 0 saturated heterocycles. The molecule has 0 bridgehead atoms. The number of aryl methyl sites for hydroxylation is 2. The minimum Gasteiger partial charge on any atom is -0.463 e. The third-order valence-electron chi connectivity index (χ3n) is 5.15. The normalized spacial score (nSPS) is 12.5. The molecule has 2 N–H and O–H groups in total. The summed E-state index contributed by atoms with van der Waals surface area (Å²) in [6.07, 6.45) is 1.58. The number of aromatic nitrogens is 5. The molecule has 0 radical (unpaired) electrons. The van der Waals surface area contributed by atoms with E-state index in [1.54, 1.807) is 23.1 Å². The fourth-order valence-electron chi connectivity index (χ4n) is 3.69. The van der Waals surface area contributed by atoms with E-state index in [4.69, 9.17) is 4.42 Å². The van der Waals surface area contributed by atoms with E-state index in [-0.39, 0.29) is 11.9 Å². The van der Waals surface area contributed by atoms with Gasteiger partial charge in [-0.15, -0.1) is 0 Å². The molecule has 0 aliphatic heterocycles. The van der Waals surface area contributed by atoms with Crippen molar-refractivity contribution in [1.82, 2.24) is 30.0 Å². The Balaban J connectivity index is 1.55. The lowest BCUT2D eigenvalue weighted by Gasteiger charge is -2.13. The molecule has 0 saturated carbocycles. The largest absolute Gasteiger partial charge is 0.463 e. The molecule has 1 atom stereocenters. The first kappa shape index (κ1) is 18.1. The summed E-state index contributed by atoms with van der Waals surface area (Å²) in [4.78, 5) is 25.8. The summed E-state index contributed by atoms with van der Waals surface area (Å²) in [5.41, 5.74) is 4.25. The molecule has 150 valence electrons. The maximum atomic E-state index is 13.3. The van der Waals surface area contributed by atoms with Crippen LogP contribution >= 0.6 is 0 Å². The lowest BCUT2D eigenvalue weighted by Crippen LogP contribution is -2.27. The van der Waals surface area contributed by atoms with Gasteiger partial charge in [-0.3, -0.25) is 9.48 Å². The Hall–Kier alpha value is -3.94. The van der Waals surface area contributed by atoms with Crippen LogP contribution in [0.2, 0.25) is 0 Å². The Kier molecular flexibility index (Phi) is 4.13. The average molecular weight is 400 g/mol. The molecule has 5 aromatic rings. The van der Waals surface area contributed by atoms with Gasteiger partial charge in [0.15, 0.2) is 11.4 Å². The highest BCUT2D eigenvalue weighted by Crippen LogP contribution is 2.27. The lowest BCUT2D eigenvalue weighted by molar-refractivity contribution is 0.0940. The summed E-state index contributed by atoms with van der Waals surface area (Å²) in [6, 6.07) is 12.8. The van der Waals surface area contributed by atoms with Gasteiger partial charge in [-0.2, -0.15) is 5.10 Å². The first-order valence-corrected chi connectivity index (χ1v) is 9.65. The number of nitrogens with zero attached hydrogens (tertiary/aromatic N) is 4. The topological polar surface area (TPSA) is 102 Å². The molecule has 1 unspecified atom stereocenters. The molecule has 0 aliphatic carbocycles. The summed E-state index contributed by atoms with van der Waals surface area (Å²) in [5, 5.41) is 8.22. The monoisotopic (exact) mass is 400 g/mol. The number of nitrogens with one attached hydrogen (secondary N) is 2. The van der Waals surface area contributed by atoms with Crippen LogP contribution < -0.4 is 5.32 Å². The Labute approximate surface area is 171 Å². The van der Waals surface area contributed by atoms with Gasteiger partial charge in [-0.1, -0.05) is 12.1 Å². The fourth-order valence-corrected chi connectivity index (χ4v) is 3.69. The van der Waals surface area contributed by atoms with Crippen molar-refractivity contribution in [3.8, 4) is 11.5 Å². The number of hydrogen-bond acceptors (Lipinski definition) is 5. The lowest BCUT2D eigenvalue weighted by atomic mass is 10.1. The number of H-pyrrole nitrogens is 1. The maximum absolute atomic E-state index is 13.3. The summed E-state index contributed by atoms with van der Waals surface area (Å²) < 4.78 is 7.17. The molecule has 4 aromatic heterocycles. The minimum atomic E-state index is -0.308. The Morgan fingerprint density at radius 1 is 1.20 bits per heavy atom. The number of fused-ring (bicyclic) bond motifs is 2. The smallest absolute Gasteiger partial charge is 0.252 e. The van der Waals surface area contributed by atoms with Crippen LogP contribution in [0.25, 0.3) is 33.5 Å². The van der Waals surface area contributed by atoms with Crippen molar-refractivity contribution in [2.75, 3.05) is 0 Å². The highest BCUT2D eigenvalue weighted by Gasteiger charge is 2.22. The molecule has 30 heavy (non-hydrogen) atoms. The van der Waals surface area contributed by atoms with Gasteiger partial charge in [0, 0.05) is 7.05 Å². The Morgan fingerprint density at radius 2 is 2.03 bits per heavy atom. The van der Waals surface area contributed by atoms with Crippen molar-refractivity contribution in [3.63, 3.8) is 0 Å². The van der Waals surface area contributed by atoms with E-state index in [2.05, 4.69) is 25.4 Å². The summed E-state index contributed by atoms with van der Waals surface area (Å²) in [6.45, 7) is 3.77. The van der Waals surface area contributed by atoms with Crippen molar-refractivity contribution >= 4 is 28.0 Å². The van der Waals surface area contributed by atoms with Gasteiger partial charge < -0.3 is 14.7 Å². The molecule has 1 amide bonds. The summed E-state index contributed by atoms with van der Waals surface area (Å²) >= 11 is 0. The zero-order chi connectivity index (χ0) is 20.8. The summed E-state index contributed by atoms with van der Waals surface area (Å²) in [5.74, 6) is 1.07. The quantitative estimate of drug-likeness (QED) is 0.476. The molecule has 0 spiro atoms. The van der Waals surface area contributed by atoms with Gasteiger partial charge in [0.1, 0.15) is 11.5 Å². The van der Waals surface area contributed by atoms with Crippen LogP contribution in [-0.4, -0.2) is 30.6 Å². The van der Waals surface area contributed by atoms with Crippen molar-refractivity contribution < 1.29 is 9.21 Å². The van der Waals surface area contributed by atoms with Crippen LogP contribution in [0.15, 0.2) is 53.1 Å². The molecular weight excluding hydrogens is 380 g/mol. The minimum absolute atomic E-state index is 0.223. The number of benzene rings is 1. The SMILES string of the molecule is Cc1nn(C)c2nc(-c3ccco3)cc(C(=O)NC(C)c3nc4ccccc4[nH]3)c12. The number of rotatable bonds is 4. The zero-order valence-electron chi connectivity index (χ0n) is 16.8. The van der Waals surface area contributed by atoms with E-state index in [0.717, 1.165) is 22.1 Å². The standard InChI is InChI=1S/C22H20N6O2/c1-12-19-14(11-17(18-9-6-10-30-18)26-21(19)28(3)27-12)22(29)23-13(2)20-24-15-7-4-5-8-16(15)25-20/h4-11,13H,1-3H3,(H,23,29)(H,24,25). The van der Waals surface area contributed by atoms with E-state index in [9.17, 15) is 4.79 Å². The van der Waals surface area contributed by atoms with Crippen LogP contribution in [0.3, 0.4) is 0 Å². The first-order valence-electron chi connectivity index (χ1n) is 9.65. The molecule has 0 fully saturated rings. The zero-order valence-corrected chi connectivity index (χ0v) is 16.8. The van der Waals surface area contributed by atoms with Gasteiger partial charge in [-0.05, 0) is 44.2 Å². The van der Waals surface area contributed by atoms with Crippen molar-refractivity contribution in [1.29, 1.82) is 0 Å². The summed E-state index contributed by atoms with van der Waals surface area (Å²) in [7, 11) is 1.81. The van der Waals surface area contributed by atoms with Crippen molar-refractivity contribution in [2.24, 2.45) is 7.05 Å². The average Bonchev–Trinajstić information content (AvgIpc) is 3.47. The number of carbonyl (C=O) groups is 1. The number of para-hydroxylation sites is 2. The molecule has 5 rings (SSSR count). The highest BCUT2D eigenvalue weighted by atomic mass is 16.3. The van der Waals surface area contributed by atoms with E-state index >= 15 is 0 Å². The van der Waals surface area contributed by atoms with Crippen LogP contribution in [0.1, 0.15) is 34.8 Å². The second kappa shape index (κ2) is 6.84. The van der Waals surface area contributed by atoms with Gasteiger partial charge in [0.05, 0.1) is 40.0 Å². The van der Waals surface area contributed by atoms with Gasteiger partial charge in [0.2, 0.25) is 0 Å². The van der Waals surface area contributed by atoms with E-state index in [0.29, 0.717) is 28.5 Å². The highest BCUT2D eigenvalue weighted by molar-refractivity contribution is 6.07. The maximum Gasteiger partial charge on any atom is 0.252 e. The predicted octanol–water partition coefficient (Wildman–Crippen LogP) is 3.90. The van der Waals surface area contributed by atoms with Gasteiger partial charge >= 0.3 is 0 Å². The van der Waals surface area contributed by atoms with Crippen LogP contribution in [0.4, 0.5) is 0 Å². The number of amides is 1. The predicted molar refractivity (Wildman–Crippen MR) is 113 cm³/mol. The third kappa shape index (κ3) is 2.93. The van der Waals surface area contributed by atoms with Gasteiger partial charge in [0.25, 0.3) is 5.91 Å². The molecule has 1 aromatic carbocycles. The number of hydrogen-bond donors (Lipinski definition) is 2. The number of aromatic amines is 1. The van der Waals surface area contributed by atoms with E-state index in [1.807, 2.05) is 51.2 Å². The molecule has 4 heterocycles. The number of pyridine rings is 1. The van der Waals surface area contributed by atoms with Crippen LogP contribution in [0.5, 0.6) is 0 Å². The van der Waals surface area contributed by atoms with E-state index < -0.39 is 0 Å². The number of furan rings is 1. The fraction of sp³-hybridized carbons (Fsp3) is 0.182. The van der Waals surface area contributed by atoms with Crippen LogP contribution in [0, 0.1) is 6.92 Å². The molecule has 8 nitrogen and oxygen atoms in total. The molecule has 8 heteroatoms. The number of carbonyl (C=O) groups excluding carboxylic acids is 1. The van der Waals surface area contributed by atoms with Crippen molar-refractivity contribution in [3.05, 3.63) is 65.8 Å². The van der Waals surface area contributed by atoms with Crippen LogP contribution in [-0.2, 0) is 7.05 Å². The second-order valence-electron chi connectivity index (χ2n) is 7.27. The third-order valence-corrected chi connectivity index (χ3v) is 5.15. The Morgan fingerprint density at radius 3 is 2.80 bits per heavy atom. The second-order valence-corrected chi connectivity index (χ2v) is 7.27. The van der Waals surface area contributed by atoms with Crippen molar-refractivity contribution in [2.45, 2.75) is 19.9 Å². The molecular formula is C22H20N6O2.